The first-order valence-electron chi connectivity index (χ1n) is 6.39. The lowest BCUT2D eigenvalue weighted by atomic mass is 10.2. The summed E-state index contributed by atoms with van der Waals surface area (Å²) in [5, 5.41) is 3.92. The van der Waals surface area contributed by atoms with E-state index in [4.69, 9.17) is 0 Å². The summed E-state index contributed by atoms with van der Waals surface area (Å²) in [4.78, 5) is 17.0. The topological polar surface area (TPSA) is 46.9 Å². The van der Waals surface area contributed by atoms with Crippen molar-refractivity contribution in [2.75, 3.05) is 5.32 Å². The molecule has 0 spiro atoms. The van der Waals surface area contributed by atoms with Gasteiger partial charge in [-0.1, -0.05) is 19.1 Å². The zero-order valence-corrected chi connectivity index (χ0v) is 11.1. The van der Waals surface area contributed by atoms with E-state index in [1.165, 1.54) is 0 Å². The molecule has 96 valence electrons. The third-order valence-corrected chi connectivity index (χ3v) is 2.73. The van der Waals surface area contributed by atoms with Crippen LogP contribution in [0.3, 0.4) is 0 Å². The van der Waals surface area contributed by atoms with Crippen LogP contribution in [0.2, 0.25) is 0 Å². The van der Waals surface area contributed by atoms with Gasteiger partial charge in [-0.15, -0.1) is 0 Å². The lowest BCUT2D eigenvalue weighted by Crippen LogP contribution is -2.27. The maximum absolute atomic E-state index is 12.4. The SMILES string of the molecule is CCCn1c(NC(C)C)nc2ccccc2c1=O. The maximum Gasteiger partial charge on any atom is 0.262 e. The molecule has 1 N–H and O–H groups in total. The predicted molar refractivity (Wildman–Crippen MR) is 75.1 cm³/mol. The second-order valence-corrected chi connectivity index (χ2v) is 4.71. The molecule has 0 aliphatic rings. The van der Waals surface area contributed by atoms with E-state index in [2.05, 4.69) is 17.2 Å². The number of fused-ring (bicyclic) bond motifs is 1. The summed E-state index contributed by atoms with van der Waals surface area (Å²) in [5.41, 5.74) is 0.781. The Hall–Kier alpha value is -1.84. The van der Waals surface area contributed by atoms with Crippen LogP contribution in [0.5, 0.6) is 0 Å². The number of hydrogen-bond donors (Lipinski definition) is 1. The molecule has 2 aromatic rings. The van der Waals surface area contributed by atoms with Crippen molar-refractivity contribution in [3.8, 4) is 0 Å². The molecule has 4 nitrogen and oxygen atoms in total. The molecule has 0 fully saturated rings. The van der Waals surface area contributed by atoms with Gasteiger partial charge in [-0.25, -0.2) is 4.98 Å². The minimum absolute atomic E-state index is 0.0330. The Kier molecular flexibility index (Phi) is 3.65. The summed E-state index contributed by atoms with van der Waals surface area (Å²) in [7, 11) is 0. The highest BCUT2D eigenvalue weighted by molar-refractivity contribution is 5.78. The average molecular weight is 245 g/mol. The van der Waals surface area contributed by atoms with E-state index in [1.54, 1.807) is 4.57 Å². The number of rotatable bonds is 4. The van der Waals surface area contributed by atoms with Gasteiger partial charge in [0.05, 0.1) is 10.9 Å². The van der Waals surface area contributed by atoms with Crippen LogP contribution in [0, 0.1) is 0 Å². The fourth-order valence-corrected chi connectivity index (χ4v) is 1.97. The van der Waals surface area contributed by atoms with E-state index in [0.717, 1.165) is 11.9 Å². The molecule has 1 aromatic heterocycles. The quantitative estimate of drug-likeness (QED) is 0.900. The van der Waals surface area contributed by atoms with Crippen LogP contribution < -0.4 is 10.9 Å². The van der Waals surface area contributed by atoms with Gasteiger partial charge in [-0.3, -0.25) is 9.36 Å². The Morgan fingerprint density at radius 2 is 2.06 bits per heavy atom. The number of aromatic nitrogens is 2. The van der Waals surface area contributed by atoms with Crippen LogP contribution in [-0.4, -0.2) is 15.6 Å². The molecule has 0 radical (unpaired) electrons. The van der Waals surface area contributed by atoms with Crippen molar-refractivity contribution in [1.82, 2.24) is 9.55 Å². The molecule has 1 heterocycles. The molecule has 0 bridgehead atoms. The van der Waals surface area contributed by atoms with Gasteiger partial charge in [-0.05, 0) is 32.4 Å². The Morgan fingerprint density at radius 1 is 1.33 bits per heavy atom. The first-order valence-corrected chi connectivity index (χ1v) is 6.39. The van der Waals surface area contributed by atoms with Gasteiger partial charge in [0, 0.05) is 12.6 Å². The minimum Gasteiger partial charge on any atom is -0.353 e. The van der Waals surface area contributed by atoms with Gasteiger partial charge in [0.25, 0.3) is 5.56 Å². The van der Waals surface area contributed by atoms with Crippen molar-refractivity contribution in [2.45, 2.75) is 39.8 Å². The first-order chi connectivity index (χ1) is 8.63. The van der Waals surface area contributed by atoms with Crippen molar-refractivity contribution >= 4 is 16.9 Å². The number of benzene rings is 1. The molecule has 0 aliphatic carbocycles. The van der Waals surface area contributed by atoms with Crippen molar-refractivity contribution in [3.05, 3.63) is 34.6 Å². The third kappa shape index (κ3) is 2.37. The van der Waals surface area contributed by atoms with Crippen molar-refractivity contribution in [3.63, 3.8) is 0 Å². The molecule has 0 amide bonds. The highest BCUT2D eigenvalue weighted by Crippen LogP contribution is 2.12. The molecule has 0 saturated heterocycles. The number of hydrogen-bond acceptors (Lipinski definition) is 3. The van der Waals surface area contributed by atoms with Crippen LogP contribution in [0.15, 0.2) is 29.1 Å². The first kappa shape index (κ1) is 12.6. The lowest BCUT2D eigenvalue weighted by Gasteiger charge is -2.16. The second kappa shape index (κ2) is 5.21. The Bertz CT molecular complexity index is 602. The summed E-state index contributed by atoms with van der Waals surface area (Å²) in [5.74, 6) is 0.663. The van der Waals surface area contributed by atoms with E-state index in [9.17, 15) is 4.79 Å². The Morgan fingerprint density at radius 3 is 2.72 bits per heavy atom. The minimum atomic E-state index is 0.0330. The van der Waals surface area contributed by atoms with Crippen LogP contribution >= 0.6 is 0 Å². The lowest BCUT2D eigenvalue weighted by molar-refractivity contribution is 0.647. The highest BCUT2D eigenvalue weighted by Gasteiger charge is 2.10. The van der Waals surface area contributed by atoms with E-state index in [-0.39, 0.29) is 11.6 Å². The van der Waals surface area contributed by atoms with Crippen molar-refractivity contribution in [1.29, 1.82) is 0 Å². The van der Waals surface area contributed by atoms with E-state index >= 15 is 0 Å². The van der Waals surface area contributed by atoms with Crippen LogP contribution in [0.25, 0.3) is 10.9 Å². The predicted octanol–water partition coefficient (Wildman–Crippen LogP) is 2.63. The van der Waals surface area contributed by atoms with Crippen LogP contribution in [0.4, 0.5) is 5.95 Å². The van der Waals surface area contributed by atoms with Gasteiger partial charge in [0.15, 0.2) is 0 Å². The standard InChI is InChI=1S/C14H19N3O/c1-4-9-17-13(18)11-7-5-6-8-12(11)16-14(17)15-10(2)3/h5-8,10H,4,9H2,1-3H3,(H,15,16). The van der Waals surface area contributed by atoms with E-state index < -0.39 is 0 Å². The fourth-order valence-electron chi connectivity index (χ4n) is 1.97. The third-order valence-electron chi connectivity index (χ3n) is 2.73. The van der Waals surface area contributed by atoms with Gasteiger partial charge in [0.1, 0.15) is 0 Å². The molecule has 4 heteroatoms. The summed E-state index contributed by atoms with van der Waals surface area (Å²) < 4.78 is 1.72. The van der Waals surface area contributed by atoms with Gasteiger partial charge in [-0.2, -0.15) is 0 Å². The molecule has 0 saturated carbocycles. The highest BCUT2D eigenvalue weighted by atomic mass is 16.1. The Labute approximate surface area is 107 Å². The summed E-state index contributed by atoms with van der Waals surface area (Å²) in [6, 6.07) is 7.73. The molecule has 18 heavy (non-hydrogen) atoms. The summed E-state index contributed by atoms with van der Waals surface area (Å²) in [6.45, 7) is 6.82. The molecular weight excluding hydrogens is 226 g/mol. The number of nitrogens with zero attached hydrogens (tertiary/aromatic N) is 2. The zero-order valence-electron chi connectivity index (χ0n) is 11.1. The van der Waals surface area contributed by atoms with E-state index in [0.29, 0.717) is 17.9 Å². The second-order valence-electron chi connectivity index (χ2n) is 4.71. The molecular formula is C14H19N3O. The zero-order chi connectivity index (χ0) is 13.1. The molecule has 0 aliphatic heterocycles. The summed E-state index contributed by atoms with van der Waals surface area (Å²) in [6.07, 6.45) is 0.909. The van der Waals surface area contributed by atoms with Crippen LogP contribution in [0.1, 0.15) is 27.2 Å². The molecule has 0 unspecified atom stereocenters. The number of para-hydroxylation sites is 1. The summed E-state index contributed by atoms with van der Waals surface area (Å²) >= 11 is 0. The molecule has 0 atom stereocenters. The van der Waals surface area contributed by atoms with Gasteiger partial charge < -0.3 is 5.32 Å². The maximum atomic E-state index is 12.4. The van der Waals surface area contributed by atoms with Gasteiger partial charge in [0.2, 0.25) is 5.95 Å². The van der Waals surface area contributed by atoms with E-state index in [1.807, 2.05) is 38.1 Å². The van der Waals surface area contributed by atoms with Crippen LogP contribution in [-0.2, 0) is 6.54 Å². The largest absolute Gasteiger partial charge is 0.353 e. The smallest absolute Gasteiger partial charge is 0.262 e. The number of anilines is 1. The average Bonchev–Trinajstić information content (AvgIpc) is 2.33. The van der Waals surface area contributed by atoms with Gasteiger partial charge >= 0.3 is 0 Å². The fraction of sp³-hybridized carbons (Fsp3) is 0.429. The molecule has 1 aromatic carbocycles. The van der Waals surface area contributed by atoms with Crippen molar-refractivity contribution in [2.24, 2.45) is 0 Å². The number of nitrogens with one attached hydrogen (secondary N) is 1. The Balaban J connectivity index is 2.66. The monoisotopic (exact) mass is 245 g/mol. The normalized spacial score (nSPS) is 11.1. The molecule has 2 rings (SSSR count). The van der Waals surface area contributed by atoms with Crippen molar-refractivity contribution < 1.29 is 0 Å².